The van der Waals surface area contributed by atoms with Gasteiger partial charge in [0.2, 0.25) is 0 Å². The second-order valence-electron chi connectivity index (χ2n) is 6.72. The highest BCUT2D eigenvalue weighted by molar-refractivity contribution is 7.14. The van der Waals surface area contributed by atoms with Crippen LogP contribution in [0.25, 0.3) is 5.65 Å². The van der Waals surface area contributed by atoms with Gasteiger partial charge in [-0.2, -0.15) is 5.10 Å². The molecule has 1 aliphatic rings. The minimum absolute atomic E-state index is 0.00102. The van der Waals surface area contributed by atoms with Gasteiger partial charge in [0.05, 0.1) is 11.2 Å². The van der Waals surface area contributed by atoms with Crippen LogP contribution in [0.5, 0.6) is 0 Å². The van der Waals surface area contributed by atoms with E-state index >= 15 is 0 Å². The van der Waals surface area contributed by atoms with Crippen molar-refractivity contribution in [3.05, 3.63) is 40.2 Å². The Morgan fingerprint density at radius 1 is 1.32 bits per heavy atom. The molecule has 0 aromatic carbocycles. The fourth-order valence-electron chi connectivity index (χ4n) is 3.43. The number of aldehydes is 1. The van der Waals surface area contributed by atoms with Crippen LogP contribution in [-0.2, 0) is 4.79 Å². The molecule has 1 amide bonds. The van der Waals surface area contributed by atoms with Gasteiger partial charge in [-0.3, -0.25) is 4.79 Å². The Kier molecular flexibility index (Phi) is 5.12. The monoisotopic (exact) mass is 405 g/mol. The van der Waals surface area contributed by atoms with E-state index in [1.54, 1.807) is 18.5 Å². The van der Waals surface area contributed by atoms with Crippen molar-refractivity contribution in [2.45, 2.75) is 38.0 Å². The first-order valence-electron chi connectivity index (χ1n) is 8.90. The summed E-state index contributed by atoms with van der Waals surface area (Å²) in [5.74, 6) is -0.628. The fraction of sp³-hybridized carbons (Fsp3) is 0.389. The number of nitrogens with zero attached hydrogens (tertiary/aromatic N) is 4. The van der Waals surface area contributed by atoms with Crippen molar-refractivity contribution < 1.29 is 18.4 Å². The summed E-state index contributed by atoms with van der Waals surface area (Å²) in [5.41, 5.74) is 0.262. The van der Waals surface area contributed by atoms with E-state index in [1.165, 1.54) is 10.7 Å². The number of carbonyl (C=O) groups is 2. The molecule has 1 aliphatic carbocycles. The molecule has 10 heteroatoms. The van der Waals surface area contributed by atoms with Gasteiger partial charge in [-0.25, -0.2) is 23.3 Å². The van der Waals surface area contributed by atoms with Crippen LogP contribution in [0.4, 0.5) is 14.5 Å². The van der Waals surface area contributed by atoms with Crippen molar-refractivity contribution in [3.63, 3.8) is 0 Å². The third-order valence-corrected chi connectivity index (χ3v) is 6.16. The van der Waals surface area contributed by atoms with Crippen molar-refractivity contribution in [2.24, 2.45) is 5.92 Å². The van der Waals surface area contributed by atoms with Crippen molar-refractivity contribution in [1.29, 1.82) is 0 Å². The Morgan fingerprint density at radius 2 is 2.11 bits per heavy atom. The van der Waals surface area contributed by atoms with Crippen molar-refractivity contribution >= 4 is 34.9 Å². The Labute approximate surface area is 162 Å². The van der Waals surface area contributed by atoms with Crippen LogP contribution in [0, 0.1) is 5.92 Å². The number of thiazole rings is 1. The maximum absolute atomic E-state index is 13.5. The highest BCUT2D eigenvalue weighted by Gasteiger charge is 2.30. The van der Waals surface area contributed by atoms with Crippen molar-refractivity contribution in [3.8, 4) is 0 Å². The van der Waals surface area contributed by atoms with Crippen LogP contribution in [0.3, 0.4) is 0 Å². The van der Waals surface area contributed by atoms with Gasteiger partial charge in [-0.15, -0.1) is 11.3 Å². The summed E-state index contributed by atoms with van der Waals surface area (Å²) >= 11 is 0.999. The number of fused-ring (bicyclic) bond motifs is 1. The Morgan fingerprint density at radius 3 is 2.82 bits per heavy atom. The standard InChI is InChI=1S/C18H17F2N5O2S/c19-15(20)13-14(28-18(24-13)11-4-2-10(9-26)3-5-11)17(27)23-12-8-22-25-7-1-6-21-16(12)25/h1,6-11,15H,2-5H2,(H,23,27)/t10-,11-. The molecule has 3 aromatic rings. The number of rotatable bonds is 5. The Bertz CT molecular complexity index is 1010. The number of nitrogens with one attached hydrogen (secondary N) is 1. The number of hydrogen-bond donors (Lipinski definition) is 1. The van der Waals surface area contributed by atoms with Gasteiger partial charge in [0.15, 0.2) is 5.65 Å². The maximum Gasteiger partial charge on any atom is 0.282 e. The summed E-state index contributed by atoms with van der Waals surface area (Å²) in [6, 6.07) is 1.69. The van der Waals surface area contributed by atoms with Crippen LogP contribution in [0.1, 0.15) is 58.4 Å². The third kappa shape index (κ3) is 3.51. The zero-order chi connectivity index (χ0) is 19.7. The number of anilines is 1. The van der Waals surface area contributed by atoms with Crippen LogP contribution in [0.2, 0.25) is 0 Å². The van der Waals surface area contributed by atoms with Gasteiger partial charge in [0.25, 0.3) is 12.3 Å². The number of carbonyl (C=O) groups excluding carboxylic acids is 2. The minimum atomic E-state index is -2.85. The van der Waals surface area contributed by atoms with E-state index in [2.05, 4.69) is 20.4 Å². The van der Waals surface area contributed by atoms with E-state index in [0.29, 0.717) is 42.0 Å². The topological polar surface area (TPSA) is 89.2 Å². The molecule has 0 saturated heterocycles. The molecule has 1 saturated carbocycles. The van der Waals surface area contributed by atoms with Crippen LogP contribution < -0.4 is 5.32 Å². The van der Waals surface area contributed by atoms with Crippen LogP contribution >= 0.6 is 11.3 Å². The van der Waals surface area contributed by atoms with Gasteiger partial charge in [0, 0.05) is 24.2 Å². The molecule has 3 aromatic heterocycles. The molecule has 0 aliphatic heterocycles. The maximum atomic E-state index is 13.5. The second kappa shape index (κ2) is 7.70. The fourth-order valence-corrected chi connectivity index (χ4v) is 4.57. The first-order chi connectivity index (χ1) is 13.6. The van der Waals surface area contributed by atoms with E-state index < -0.39 is 18.0 Å². The number of hydrogen-bond acceptors (Lipinski definition) is 6. The van der Waals surface area contributed by atoms with E-state index in [4.69, 9.17) is 0 Å². The van der Waals surface area contributed by atoms with Gasteiger partial charge in [-0.05, 0) is 31.7 Å². The molecule has 7 nitrogen and oxygen atoms in total. The molecule has 28 heavy (non-hydrogen) atoms. The summed E-state index contributed by atoms with van der Waals surface area (Å²) in [6.45, 7) is 0. The Balaban J connectivity index is 1.58. The quantitative estimate of drug-likeness (QED) is 0.652. The average molecular weight is 405 g/mol. The summed E-state index contributed by atoms with van der Waals surface area (Å²) in [5, 5.41) is 7.21. The lowest BCUT2D eigenvalue weighted by molar-refractivity contribution is -0.111. The summed E-state index contributed by atoms with van der Waals surface area (Å²) in [4.78, 5) is 31.7. The lowest BCUT2D eigenvalue weighted by Gasteiger charge is -2.23. The molecule has 4 rings (SSSR count). The van der Waals surface area contributed by atoms with E-state index in [-0.39, 0.29) is 16.7 Å². The molecule has 0 atom stereocenters. The van der Waals surface area contributed by atoms with Gasteiger partial charge >= 0.3 is 0 Å². The molecule has 1 N–H and O–H groups in total. The molecule has 3 heterocycles. The predicted molar refractivity (Wildman–Crippen MR) is 98.8 cm³/mol. The van der Waals surface area contributed by atoms with Crippen LogP contribution in [-0.4, -0.2) is 31.8 Å². The number of aromatic nitrogens is 4. The van der Waals surface area contributed by atoms with Crippen molar-refractivity contribution in [1.82, 2.24) is 19.6 Å². The molecule has 0 radical (unpaired) electrons. The van der Waals surface area contributed by atoms with Crippen LogP contribution in [0.15, 0.2) is 24.7 Å². The molecule has 0 bridgehead atoms. The SMILES string of the molecule is O=C[C@H]1CC[C@H](c2nc(C(F)F)c(C(=O)Nc3cnn4cccnc34)s2)CC1. The minimum Gasteiger partial charge on any atom is -0.317 e. The second-order valence-corrected chi connectivity index (χ2v) is 7.75. The third-order valence-electron chi connectivity index (χ3n) is 4.92. The number of amides is 1. The van der Waals surface area contributed by atoms with E-state index in [0.717, 1.165) is 17.6 Å². The normalized spacial score (nSPS) is 19.8. The highest BCUT2D eigenvalue weighted by Crippen LogP contribution is 2.39. The van der Waals surface area contributed by atoms with Gasteiger partial charge < -0.3 is 10.1 Å². The largest absolute Gasteiger partial charge is 0.317 e. The molecular weight excluding hydrogens is 388 g/mol. The molecule has 1 fully saturated rings. The molecule has 0 unspecified atom stereocenters. The highest BCUT2D eigenvalue weighted by atomic mass is 32.1. The summed E-state index contributed by atoms with van der Waals surface area (Å²) in [7, 11) is 0. The number of halogens is 2. The molecule has 146 valence electrons. The Hall–Kier alpha value is -2.75. The smallest absolute Gasteiger partial charge is 0.282 e. The lowest BCUT2D eigenvalue weighted by atomic mass is 9.83. The van der Waals surface area contributed by atoms with Crippen molar-refractivity contribution in [2.75, 3.05) is 5.32 Å². The molecular formula is C18H17F2N5O2S. The molecule has 0 spiro atoms. The van der Waals surface area contributed by atoms with E-state index in [1.807, 2.05) is 0 Å². The average Bonchev–Trinajstić information content (AvgIpc) is 3.33. The van der Waals surface area contributed by atoms with Gasteiger partial charge in [-0.1, -0.05) is 0 Å². The van der Waals surface area contributed by atoms with E-state index in [9.17, 15) is 18.4 Å². The first kappa shape index (κ1) is 18.6. The summed E-state index contributed by atoms with van der Waals surface area (Å²) in [6.07, 6.45) is 5.59. The van der Waals surface area contributed by atoms with Gasteiger partial charge in [0.1, 0.15) is 22.5 Å². The zero-order valence-electron chi connectivity index (χ0n) is 14.7. The zero-order valence-corrected chi connectivity index (χ0v) is 15.5. The first-order valence-corrected chi connectivity index (χ1v) is 9.72. The summed E-state index contributed by atoms with van der Waals surface area (Å²) < 4.78 is 28.5. The lowest BCUT2D eigenvalue weighted by Crippen LogP contribution is -2.14. The predicted octanol–water partition coefficient (Wildman–Crippen LogP) is 3.85. The number of alkyl halides is 2.